The van der Waals surface area contributed by atoms with Crippen molar-refractivity contribution >= 4 is 27.5 Å². The Hall–Kier alpha value is -2.30. The summed E-state index contributed by atoms with van der Waals surface area (Å²) in [4.78, 5) is 16.8. The van der Waals surface area contributed by atoms with Crippen molar-refractivity contribution in [2.45, 2.75) is 6.54 Å². The maximum atomic E-state index is 9.07. The van der Waals surface area contributed by atoms with Crippen LogP contribution in [-0.4, -0.2) is 24.5 Å². The van der Waals surface area contributed by atoms with Gasteiger partial charge in [0.15, 0.2) is 5.69 Å². The molecule has 3 aromatic heterocycles. The van der Waals surface area contributed by atoms with Crippen LogP contribution in [0.15, 0.2) is 41.5 Å². The second-order valence-corrected chi connectivity index (χ2v) is 5.63. The average molecular weight is 376 g/mol. The molecule has 0 bridgehead atoms. The molecule has 0 fully saturated rings. The molecular formula is C14H8BrClN6. The van der Waals surface area contributed by atoms with E-state index in [4.69, 9.17) is 16.9 Å². The van der Waals surface area contributed by atoms with E-state index in [-0.39, 0.29) is 0 Å². The van der Waals surface area contributed by atoms with Crippen molar-refractivity contribution < 1.29 is 0 Å². The highest BCUT2D eigenvalue weighted by Gasteiger charge is 2.12. The van der Waals surface area contributed by atoms with Crippen LogP contribution in [0.25, 0.3) is 11.4 Å². The highest BCUT2D eigenvalue weighted by molar-refractivity contribution is 9.10. The van der Waals surface area contributed by atoms with Crippen molar-refractivity contribution in [2.24, 2.45) is 0 Å². The molecule has 22 heavy (non-hydrogen) atoms. The van der Waals surface area contributed by atoms with Gasteiger partial charge in [0.25, 0.3) is 0 Å². The molecule has 0 saturated heterocycles. The molecule has 0 unspecified atom stereocenters. The van der Waals surface area contributed by atoms with E-state index < -0.39 is 0 Å². The summed E-state index contributed by atoms with van der Waals surface area (Å²) in [6, 6.07) is 5.73. The van der Waals surface area contributed by atoms with Gasteiger partial charge < -0.3 is 4.57 Å². The molecule has 3 heterocycles. The SMILES string of the molecule is N#Cc1cn(Cc2ncc(Cl)cn2)c(-c2ccc(Br)nc2)n1. The molecule has 108 valence electrons. The third-order valence-electron chi connectivity index (χ3n) is 2.86. The fourth-order valence-electron chi connectivity index (χ4n) is 1.90. The van der Waals surface area contributed by atoms with Gasteiger partial charge in [-0.25, -0.2) is 19.9 Å². The largest absolute Gasteiger partial charge is 0.322 e. The van der Waals surface area contributed by atoms with E-state index in [1.807, 2.05) is 22.8 Å². The first-order valence-corrected chi connectivity index (χ1v) is 7.38. The summed E-state index contributed by atoms with van der Waals surface area (Å²) in [6.07, 6.45) is 6.42. The summed E-state index contributed by atoms with van der Waals surface area (Å²) in [7, 11) is 0. The van der Waals surface area contributed by atoms with Crippen LogP contribution in [0.3, 0.4) is 0 Å². The lowest BCUT2D eigenvalue weighted by Crippen LogP contribution is -2.05. The molecule has 0 aliphatic heterocycles. The van der Waals surface area contributed by atoms with Crippen molar-refractivity contribution in [3.63, 3.8) is 0 Å². The Morgan fingerprint density at radius 3 is 2.59 bits per heavy atom. The van der Waals surface area contributed by atoms with Gasteiger partial charge in [0.2, 0.25) is 0 Å². The van der Waals surface area contributed by atoms with E-state index in [0.717, 1.165) is 10.2 Å². The van der Waals surface area contributed by atoms with E-state index in [2.05, 4.69) is 35.9 Å². The van der Waals surface area contributed by atoms with Gasteiger partial charge in [-0.15, -0.1) is 0 Å². The van der Waals surface area contributed by atoms with Gasteiger partial charge in [0.1, 0.15) is 22.3 Å². The number of imidazole rings is 1. The minimum atomic E-state index is 0.326. The molecule has 0 amide bonds. The van der Waals surface area contributed by atoms with Crippen LogP contribution < -0.4 is 0 Å². The number of pyridine rings is 1. The smallest absolute Gasteiger partial charge is 0.159 e. The summed E-state index contributed by atoms with van der Waals surface area (Å²) in [5.41, 5.74) is 1.13. The number of halogens is 2. The number of rotatable bonds is 3. The van der Waals surface area contributed by atoms with Crippen LogP contribution >= 0.6 is 27.5 Å². The van der Waals surface area contributed by atoms with Gasteiger partial charge in [0.05, 0.1) is 11.6 Å². The molecule has 3 rings (SSSR count). The normalized spacial score (nSPS) is 10.4. The molecule has 0 aliphatic carbocycles. The maximum absolute atomic E-state index is 9.07. The summed E-state index contributed by atoms with van der Waals surface area (Å²) < 4.78 is 2.54. The van der Waals surface area contributed by atoms with Gasteiger partial charge in [-0.05, 0) is 28.1 Å². The van der Waals surface area contributed by atoms with Crippen LogP contribution in [0, 0.1) is 11.3 Å². The first kappa shape index (κ1) is 14.6. The van der Waals surface area contributed by atoms with Crippen molar-refractivity contribution in [3.05, 3.63) is 58.1 Å². The van der Waals surface area contributed by atoms with Crippen LogP contribution in [0.4, 0.5) is 0 Å². The summed E-state index contributed by atoms with van der Waals surface area (Å²) >= 11 is 9.08. The van der Waals surface area contributed by atoms with Crippen LogP contribution in [-0.2, 0) is 6.54 Å². The second-order valence-electron chi connectivity index (χ2n) is 4.38. The third kappa shape index (κ3) is 3.13. The fraction of sp³-hybridized carbons (Fsp3) is 0.0714. The minimum absolute atomic E-state index is 0.326. The number of aromatic nitrogens is 5. The zero-order valence-corrected chi connectivity index (χ0v) is 13.5. The maximum Gasteiger partial charge on any atom is 0.159 e. The summed E-state index contributed by atoms with van der Waals surface area (Å²) in [6.45, 7) is 0.386. The number of nitriles is 1. The number of hydrogen-bond donors (Lipinski definition) is 0. The Balaban J connectivity index is 2.00. The molecule has 0 spiro atoms. The summed E-state index contributed by atoms with van der Waals surface area (Å²) in [5, 5.41) is 9.55. The monoisotopic (exact) mass is 374 g/mol. The van der Waals surface area contributed by atoms with Crippen LogP contribution in [0.5, 0.6) is 0 Å². The van der Waals surface area contributed by atoms with E-state index >= 15 is 0 Å². The topological polar surface area (TPSA) is 80.3 Å². The molecule has 0 N–H and O–H groups in total. The zero-order chi connectivity index (χ0) is 15.5. The van der Waals surface area contributed by atoms with E-state index in [0.29, 0.717) is 28.9 Å². The summed E-state index contributed by atoms with van der Waals surface area (Å²) in [5.74, 6) is 1.22. The van der Waals surface area contributed by atoms with Gasteiger partial charge >= 0.3 is 0 Å². The lowest BCUT2D eigenvalue weighted by Gasteiger charge is -2.06. The van der Waals surface area contributed by atoms with Crippen molar-refractivity contribution in [1.82, 2.24) is 24.5 Å². The van der Waals surface area contributed by atoms with Crippen molar-refractivity contribution in [1.29, 1.82) is 5.26 Å². The van der Waals surface area contributed by atoms with Crippen molar-refractivity contribution in [2.75, 3.05) is 0 Å². The Kier molecular flexibility index (Phi) is 4.13. The average Bonchev–Trinajstić information content (AvgIpc) is 2.93. The number of nitrogens with zero attached hydrogens (tertiary/aromatic N) is 6. The molecular weight excluding hydrogens is 368 g/mol. The predicted octanol–water partition coefficient (Wildman–Crippen LogP) is 3.07. The van der Waals surface area contributed by atoms with E-state index in [9.17, 15) is 0 Å². The van der Waals surface area contributed by atoms with Gasteiger partial charge in [-0.3, -0.25) is 0 Å². The molecule has 0 saturated carbocycles. The fourth-order valence-corrected chi connectivity index (χ4v) is 2.23. The minimum Gasteiger partial charge on any atom is -0.322 e. The highest BCUT2D eigenvalue weighted by atomic mass is 79.9. The zero-order valence-electron chi connectivity index (χ0n) is 11.1. The quantitative estimate of drug-likeness (QED) is 0.657. The molecule has 8 heteroatoms. The Morgan fingerprint density at radius 2 is 1.95 bits per heavy atom. The van der Waals surface area contributed by atoms with E-state index in [1.165, 1.54) is 12.4 Å². The molecule has 6 nitrogen and oxygen atoms in total. The molecule has 0 radical (unpaired) electrons. The van der Waals surface area contributed by atoms with Crippen molar-refractivity contribution in [3.8, 4) is 17.5 Å². The number of hydrogen-bond acceptors (Lipinski definition) is 5. The molecule has 0 aliphatic rings. The van der Waals surface area contributed by atoms with Gasteiger partial charge in [-0.2, -0.15) is 5.26 Å². The Morgan fingerprint density at radius 1 is 1.18 bits per heavy atom. The van der Waals surface area contributed by atoms with Gasteiger partial charge in [0, 0.05) is 30.4 Å². The third-order valence-corrected chi connectivity index (χ3v) is 3.53. The molecule has 0 aromatic carbocycles. The highest BCUT2D eigenvalue weighted by Crippen LogP contribution is 2.20. The lowest BCUT2D eigenvalue weighted by molar-refractivity contribution is 0.750. The first-order chi connectivity index (χ1) is 10.7. The lowest BCUT2D eigenvalue weighted by atomic mass is 10.2. The van der Waals surface area contributed by atoms with Crippen LogP contribution in [0.1, 0.15) is 11.5 Å². The predicted molar refractivity (Wildman–Crippen MR) is 84.0 cm³/mol. The van der Waals surface area contributed by atoms with Crippen LogP contribution in [0.2, 0.25) is 5.02 Å². The van der Waals surface area contributed by atoms with E-state index in [1.54, 1.807) is 12.4 Å². The Labute approximate surface area is 139 Å². The van der Waals surface area contributed by atoms with Gasteiger partial charge in [-0.1, -0.05) is 11.6 Å². The second kappa shape index (κ2) is 6.22. The first-order valence-electron chi connectivity index (χ1n) is 6.21. The molecule has 0 atom stereocenters. The molecule has 3 aromatic rings. The Bertz CT molecular complexity index is 835. The standard InChI is InChI=1S/C14H8BrClN6/c15-12-2-1-9(4-18-12)14-21-11(3-17)7-22(14)8-13-19-5-10(16)6-20-13/h1-2,4-7H,8H2.